The number of hydrogen-bond acceptors (Lipinski definition) is 26. The van der Waals surface area contributed by atoms with Crippen LogP contribution in [-0.2, 0) is 95.3 Å². The number of carbonyl (C=O) groups excluding carboxylic acids is 9. The lowest BCUT2D eigenvalue weighted by atomic mass is 9.74. The van der Waals surface area contributed by atoms with Gasteiger partial charge in [0.05, 0.1) is 78.8 Å². The van der Waals surface area contributed by atoms with Crippen LogP contribution in [0.2, 0.25) is 0 Å². The molecule has 826 valence electrons. The fourth-order valence-corrected chi connectivity index (χ4v) is 17.2. The molecule has 26 heteroatoms. The van der Waals surface area contributed by atoms with Crippen LogP contribution in [0.3, 0.4) is 0 Å². The molecule has 5 rings (SSSR count). The Balaban J connectivity index is -0.000000126. The predicted molar refractivity (Wildman–Crippen MR) is 567 cm³/mol. The molecule has 0 bridgehead atoms. The molecule has 0 aromatic carbocycles. The van der Waals surface area contributed by atoms with Crippen LogP contribution < -0.4 is 0 Å². The summed E-state index contributed by atoms with van der Waals surface area (Å²) < 4.78 is 61.6. The second-order valence-electron chi connectivity index (χ2n) is 33.7. The van der Waals surface area contributed by atoms with Crippen molar-refractivity contribution in [3.05, 3.63) is 24.3 Å². The van der Waals surface area contributed by atoms with E-state index in [4.69, 9.17) is 52.1 Å². The first-order chi connectivity index (χ1) is 63.8. The first-order valence-corrected chi connectivity index (χ1v) is 52.7. The first-order valence-electron chi connectivity index (χ1n) is 52.7. The number of methoxy groups -OCH3 is 6. The fourth-order valence-electron chi connectivity index (χ4n) is 17.2. The number of hydrogen-bond donors (Lipinski definition) is 6. The molecule has 33 atom stereocenters. The van der Waals surface area contributed by atoms with Gasteiger partial charge in [0.15, 0.2) is 28.7 Å². The van der Waals surface area contributed by atoms with Crippen LogP contribution in [0.5, 0.6) is 0 Å². The van der Waals surface area contributed by atoms with Crippen molar-refractivity contribution in [2.45, 2.75) is 500 Å². The van der Waals surface area contributed by atoms with E-state index in [1.54, 1.807) is 104 Å². The summed E-state index contributed by atoms with van der Waals surface area (Å²) in [5.41, 5.74) is -7.00. The van der Waals surface area contributed by atoms with Gasteiger partial charge in [-0.3, -0.25) is 43.2 Å². The third-order valence-electron chi connectivity index (χ3n) is 24.5. The Morgan fingerprint density at radius 3 is 0.978 bits per heavy atom. The number of Topliss-reactive ketones (excluding diaryl/α,β-unsaturated/α-hetero) is 3. The summed E-state index contributed by atoms with van der Waals surface area (Å²) in [5, 5.41) is 65.2. The SMILES string of the molecule is C.CC.CC.CC.CC.CC.CC.CC.CC.CC.CC.CC.CC.CC.CC[C@H]1OC(=O)[C@H](C)C(=O)[C@H](C)[C@@H](OC)[C@@H](C)C[C@@H](C)C(=O)/C=C/[C@]1(C)O.CC[C@H]1OC(=O)[C@H](C)[C@@H](OC)[C@@H](C)C[C@@H](C)C(=O)/C=C/[C@]1(C)O.CC[C@H]1OC(=O)[C@H](C)[C@@H](OC)[C@H](C)[C@@H](OC)[C@](C)(O)C[C@@H](C)C(=O)[C@H](C)[C@@H](O)[C@]1(C)O.CO[C@@H]1[C@@H](C)[C@H](OC)[C@@H](C)C(=O)O[C@H](C)[C@H](C)[C@H](O)[C@@H](C)C(=O)[C@]2(CO2)C[C@@H]1C. The van der Waals surface area contributed by atoms with Crippen molar-refractivity contribution in [1.82, 2.24) is 0 Å². The van der Waals surface area contributed by atoms with Crippen LogP contribution in [0.4, 0.5) is 0 Å². The number of ether oxygens (including phenoxy) is 11. The number of aliphatic hydroxyl groups is 6. The van der Waals surface area contributed by atoms with Gasteiger partial charge in [-0.05, 0) is 149 Å². The van der Waals surface area contributed by atoms with Crippen LogP contribution in [0.25, 0.3) is 0 Å². The van der Waals surface area contributed by atoms with E-state index in [1.165, 1.54) is 73.3 Å². The van der Waals surface area contributed by atoms with Crippen molar-refractivity contribution in [2.75, 3.05) is 49.3 Å². The van der Waals surface area contributed by atoms with E-state index in [9.17, 15) is 73.8 Å². The minimum absolute atomic E-state index is 0. The molecule has 0 aromatic rings. The number of aliphatic hydroxyl groups excluding tert-OH is 2. The Hall–Kier alpha value is -4.81. The third kappa shape index (κ3) is 52.5. The molecule has 26 nitrogen and oxygen atoms in total. The standard InChI is InChI=1S/C23H42O8.C22H38O7.C21H34O6.C18H30O5.13C2H6.CH4/c1-10-16-23(7,28)19(25)13(3)17(24)12(2)11-22(6,27)20(30-9)14(4)18(29-8)15(5)21(26)31-16;1-11-9-22(10-28-22)20(24)13(3)17(23)12(2)16(6)29-21(25)15(5)19(27-8)14(4)18(11)26-7;1-8-17-21(6,25)10-9-16(22)12(2)11-13(3)19(26-7)14(4)18(23)15(5)20(24)27-17;1-7-15-18(5,21)9-8-14(19)11(2)10-12(3)16(22-6)13(4)17(20)23-15;13*1-2;/h12-16,18-20,25,27-28H,10-11H2,1-9H3;11-19,23H,9-10H2,1-8H3;9-10,12-15,17,19,25H,8,11H2,1-7H3;8-9,11-13,15-16,21H,7,10H2,1-6H3;13*1-2H3;1H4/b;;10-9+;9-8+;;;;;;;;;;;;;;/t12-,13+,14+,15-,16-,18+,19-,20-,22-,23-;11-,12-,13+,14+,15+,16+,17-,18-,19-,22+;12-,13+,14+,15-,17-,19+,21+;11-,12+,13-,15-,16+,18+;;;;;;;;;;;;;;/m1011............../s1. The Labute approximate surface area is 842 Å². The normalized spacial score (nSPS) is 36.2. The highest BCUT2D eigenvalue weighted by Gasteiger charge is 2.57. The van der Waals surface area contributed by atoms with Crippen molar-refractivity contribution < 1.29 is 126 Å². The smallest absolute Gasteiger partial charge is 0.316 e. The molecule has 1 spiro atoms. The number of esters is 4. The Morgan fingerprint density at radius 2 is 0.657 bits per heavy atom. The molecule has 3 saturated heterocycles. The topological polar surface area (TPSA) is 380 Å². The van der Waals surface area contributed by atoms with Crippen molar-refractivity contribution in [1.29, 1.82) is 0 Å². The van der Waals surface area contributed by atoms with Crippen molar-refractivity contribution in [3.8, 4) is 0 Å². The average molecular weight is 1980 g/mol. The van der Waals surface area contributed by atoms with E-state index in [1.807, 2.05) is 235 Å². The van der Waals surface area contributed by atoms with Gasteiger partial charge in [0.2, 0.25) is 0 Å². The largest absolute Gasteiger partial charge is 0.462 e. The van der Waals surface area contributed by atoms with E-state index in [0.717, 1.165) is 0 Å². The molecule has 0 saturated carbocycles. The van der Waals surface area contributed by atoms with Gasteiger partial charge in [-0.2, -0.15) is 0 Å². The van der Waals surface area contributed by atoms with Crippen LogP contribution in [0.1, 0.15) is 399 Å². The van der Waals surface area contributed by atoms with E-state index >= 15 is 0 Å². The minimum atomic E-state index is -1.84. The lowest BCUT2D eigenvalue weighted by Gasteiger charge is -2.43. The van der Waals surface area contributed by atoms with Gasteiger partial charge in [0, 0.05) is 95.9 Å². The lowest BCUT2D eigenvalue weighted by molar-refractivity contribution is -0.198. The number of ketones is 5. The Morgan fingerprint density at radius 1 is 0.350 bits per heavy atom. The summed E-state index contributed by atoms with van der Waals surface area (Å²) in [6.45, 7) is 94.1. The second kappa shape index (κ2) is 87.7. The molecular formula is C111H226O26. The summed E-state index contributed by atoms with van der Waals surface area (Å²) in [5.74, 6) is -9.62. The molecule has 0 aromatic heterocycles. The number of epoxide rings is 1. The van der Waals surface area contributed by atoms with Gasteiger partial charge in [0.25, 0.3) is 0 Å². The average Bonchev–Trinajstić information content (AvgIpc) is 1.61. The highest BCUT2D eigenvalue weighted by Crippen LogP contribution is 2.43. The number of carbonyl (C=O) groups is 9. The monoisotopic (exact) mass is 1980 g/mol. The Bertz CT molecular complexity index is 3030. The number of cyclic esters (lactones) is 4. The van der Waals surface area contributed by atoms with Crippen molar-refractivity contribution in [3.63, 3.8) is 0 Å². The lowest BCUT2D eigenvalue weighted by Crippen LogP contribution is -2.57. The van der Waals surface area contributed by atoms with E-state index in [0.29, 0.717) is 38.7 Å². The molecule has 0 amide bonds. The van der Waals surface area contributed by atoms with Gasteiger partial charge < -0.3 is 82.7 Å². The van der Waals surface area contributed by atoms with E-state index in [-0.39, 0.29) is 109 Å². The van der Waals surface area contributed by atoms with Gasteiger partial charge in [-0.25, -0.2) is 0 Å². The molecule has 0 radical (unpaired) electrons. The van der Waals surface area contributed by atoms with Crippen molar-refractivity contribution >= 4 is 52.8 Å². The Kier molecular flexibility index (Phi) is 103. The predicted octanol–water partition coefficient (Wildman–Crippen LogP) is 23.2. The summed E-state index contributed by atoms with van der Waals surface area (Å²) in [6.07, 6.45) is 0.123. The summed E-state index contributed by atoms with van der Waals surface area (Å²) in [6, 6.07) is 0. The molecule has 5 aliphatic heterocycles. The van der Waals surface area contributed by atoms with Crippen LogP contribution in [-0.4, -0.2) is 234 Å². The molecule has 5 aliphatic rings. The van der Waals surface area contributed by atoms with Crippen LogP contribution >= 0.6 is 0 Å². The fraction of sp³-hybridized carbons (Fsp3) is 0.883. The molecule has 137 heavy (non-hydrogen) atoms. The maximum absolute atomic E-state index is 13.2. The maximum atomic E-state index is 13.2. The number of allylic oxidation sites excluding steroid dienone is 2. The van der Waals surface area contributed by atoms with Gasteiger partial charge >= 0.3 is 23.9 Å². The van der Waals surface area contributed by atoms with Crippen LogP contribution in [0.15, 0.2) is 24.3 Å². The first kappa shape index (κ1) is 160. The second-order valence-corrected chi connectivity index (χ2v) is 33.7. The van der Waals surface area contributed by atoms with Crippen molar-refractivity contribution in [2.24, 2.45) is 94.7 Å². The summed E-state index contributed by atoms with van der Waals surface area (Å²) >= 11 is 0. The zero-order valence-corrected chi connectivity index (χ0v) is 98.0. The zero-order chi connectivity index (χ0) is 111. The van der Waals surface area contributed by atoms with E-state index in [2.05, 4.69) is 0 Å². The van der Waals surface area contributed by atoms with Crippen LogP contribution in [0, 0.1) is 94.7 Å². The highest BCUT2D eigenvalue weighted by molar-refractivity contribution is 6.00. The number of rotatable bonds is 9. The van der Waals surface area contributed by atoms with Gasteiger partial charge in [0.1, 0.15) is 52.9 Å². The summed E-state index contributed by atoms with van der Waals surface area (Å²) in [7, 11) is 9.26. The molecular weight excluding hydrogens is 1750 g/mol. The van der Waals surface area contributed by atoms with Gasteiger partial charge in [-0.1, -0.05) is 291 Å². The molecule has 5 heterocycles. The highest BCUT2D eigenvalue weighted by atomic mass is 16.6. The molecule has 3 fully saturated rings. The minimum Gasteiger partial charge on any atom is -0.462 e. The van der Waals surface area contributed by atoms with Gasteiger partial charge in [-0.15, -0.1) is 0 Å². The molecule has 6 N–H and O–H groups in total. The molecule has 0 unspecified atom stereocenters. The summed E-state index contributed by atoms with van der Waals surface area (Å²) in [4.78, 5) is 114. The third-order valence-corrected chi connectivity index (χ3v) is 24.5. The zero-order valence-electron chi connectivity index (χ0n) is 98.0. The maximum Gasteiger partial charge on any atom is 0.316 e. The van der Waals surface area contributed by atoms with E-state index < -0.39 is 160 Å². The quantitative estimate of drug-likeness (QED) is 0.0540. The molecule has 0 aliphatic carbocycles.